The molecule has 5 nitrogen and oxygen atoms in total. The average Bonchev–Trinajstić information content (AvgIpc) is 3.03. The zero-order valence-corrected chi connectivity index (χ0v) is 12.6. The molecule has 108 valence electrons. The van der Waals surface area contributed by atoms with E-state index in [1.54, 1.807) is 0 Å². The molecule has 0 aliphatic carbocycles. The third-order valence-electron chi connectivity index (χ3n) is 3.21. The van der Waals surface area contributed by atoms with Crippen molar-refractivity contribution < 1.29 is 9.26 Å². The highest BCUT2D eigenvalue weighted by molar-refractivity contribution is 7.16. The molecule has 2 aromatic heterocycles. The summed E-state index contributed by atoms with van der Waals surface area (Å²) in [6.45, 7) is 4.28. The molecular formula is C15H15N3O2S. The largest absolute Gasteiger partial charge is 0.485 e. The van der Waals surface area contributed by atoms with Crippen molar-refractivity contribution in [1.82, 2.24) is 10.1 Å². The lowest BCUT2D eigenvalue weighted by Gasteiger charge is -2.01. The molecule has 0 saturated heterocycles. The summed E-state index contributed by atoms with van der Waals surface area (Å²) in [4.78, 5) is 5.51. The lowest BCUT2D eigenvalue weighted by molar-refractivity contribution is 0.287. The van der Waals surface area contributed by atoms with Gasteiger partial charge in [-0.25, -0.2) is 0 Å². The molecule has 0 atom stereocenters. The Bertz CT molecular complexity index is 750. The Morgan fingerprint density at radius 2 is 2.00 bits per heavy atom. The highest BCUT2D eigenvalue weighted by Gasteiger charge is 2.18. The minimum absolute atomic E-state index is 0.260. The summed E-state index contributed by atoms with van der Waals surface area (Å²) in [5, 5.41) is 4.64. The number of aromatic nitrogens is 2. The zero-order chi connectivity index (χ0) is 14.8. The molecule has 0 bridgehead atoms. The fraction of sp³-hybridized carbons (Fsp3) is 0.200. The van der Waals surface area contributed by atoms with E-state index in [1.807, 2.05) is 44.2 Å². The number of nitrogens with two attached hydrogens (primary N) is 1. The fourth-order valence-electron chi connectivity index (χ4n) is 2.00. The van der Waals surface area contributed by atoms with Gasteiger partial charge in [-0.05, 0) is 31.5 Å². The summed E-state index contributed by atoms with van der Waals surface area (Å²) in [6, 6.07) is 9.52. The second-order valence-electron chi connectivity index (χ2n) is 4.64. The molecule has 0 fully saturated rings. The first-order chi connectivity index (χ1) is 10.1. The maximum absolute atomic E-state index is 6.01. The summed E-state index contributed by atoms with van der Waals surface area (Å²) in [7, 11) is 0. The third-order valence-corrected chi connectivity index (χ3v) is 4.24. The van der Waals surface area contributed by atoms with Gasteiger partial charge >= 0.3 is 0 Å². The Morgan fingerprint density at radius 3 is 2.67 bits per heavy atom. The lowest BCUT2D eigenvalue weighted by atomic mass is 10.1. The first-order valence-electron chi connectivity index (χ1n) is 6.51. The molecule has 2 N–H and O–H groups in total. The summed E-state index contributed by atoms with van der Waals surface area (Å²) in [5.74, 6) is 1.71. The monoisotopic (exact) mass is 301 g/mol. The minimum atomic E-state index is 0.260. The fourth-order valence-corrected chi connectivity index (χ4v) is 2.93. The molecule has 1 aromatic carbocycles. The van der Waals surface area contributed by atoms with Gasteiger partial charge in [-0.15, -0.1) is 11.3 Å². The molecule has 3 aromatic rings. The smallest absolute Gasteiger partial charge is 0.261 e. The number of benzene rings is 1. The Labute approximate surface area is 126 Å². The van der Waals surface area contributed by atoms with Crippen LogP contribution in [0, 0.1) is 13.8 Å². The molecule has 0 unspecified atom stereocenters. The Balaban J connectivity index is 1.77. The Hall–Kier alpha value is -2.34. The number of ether oxygens (including phenoxy) is 1. The third kappa shape index (κ3) is 2.75. The van der Waals surface area contributed by atoms with Crippen molar-refractivity contribution in [2.45, 2.75) is 20.5 Å². The van der Waals surface area contributed by atoms with Gasteiger partial charge < -0.3 is 15.0 Å². The van der Waals surface area contributed by atoms with Crippen LogP contribution in [0.4, 0.5) is 5.00 Å². The van der Waals surface area contributed by atoms with Crippen molar-refractivity contribution in [3.8, 4) is 17.2 Å². The molecule has 3 rings (SSSR count). The molecule has 2 heterocycles. The van der Waals surface area contributed by atoms with Crippen LogP contribution in [-0.2, 0) is 6.61 Å². The van der Waals surface area contributed by atoms with Gasteiger partial charge in [0.15, 0.2) is 6.61 Å². The van der Waals surface area contributed by atoms with Crippen LogP contribution in [-0.4, -0.2) is 10.1 Å². The second-order valence-corrected chi connectivity index (χ2v) is 5.90. The molecule has 0 radical (unpaired) electrons. The van der Waals surface area contributed by atoms with Crippen LogP contribution in [0.5, 0.6) is 5.75 Å². The number of thiophene rings is 1. The van der Waals surface area contributed by atoms with Crippen molar-refractivity contribution in [3.05, 3.63) is 46.6 Å². The summed E-state index contributed by atoms with van der Waals surface area (Å²) >= 11 is 1.53. The number of para-hydroxylation sites is 1. The summed E-state index contributed by atoms with van der Waals surface area (Å²) in [5.41, 5.74) is 7.92. The summed E-state index contributed by atoms with van der Waals surface area (Å²) in [6.07, 6.45) is 0. The maximum atomic E-state index is 6.01. The number of nitrogens with zero attached hydrogens (tertiary/aromatic N) is 2. The lowest BCUT2D eigenvalue weighted by Crippen LogP contribution is -1.97. The Kier molecular flexibility index (Phi) is 3.62. The quantitative estimate of drug-likeness (QED) is 0.797. The number of aryl methyl sites for hydroxylation is 1. The van der Waals surface area contributed by atoms with E-state index in [4.69, 9.17) is 15.0 Å². The van der Waals surface area contributed by atoms with E-state index in [-0.39, 0.29) is 6.61 Å². The first-order valence-corrected chi connectivity index (χ1v) is 7.33. The standard InChI is InChI=1S/C15H15N3O2S/c1-9-10(2)21-14(16)13(9)15-17-12(18-20-15)8-19-11-6-4-3-5-7-11/h3-7H,8,16H2,1-2H3. The number of nitrogen functional groups attached to an aromatic ring is 1. The van der Waals surface area contributed by atoms with Crippen LogP contribution >= 0.6 is 11.3 Å². The Morgan fingerprint density at radius 1 is 1.24 bits per heavy atom. The molecule has 21 heavy (non-hydrogen) atoms. The van der Waals surface area contributed by atoms with Gasteiger partial charge in [-0.3, -0.25) is 0 Å². The van der Waals surface area contributed by atoms with E-state index in [1.165, 1.54) is 11.3 Å². The van der Waals surface area contributed by atoms with Crippen molar-refractivity contribution in [3.63, 3.8) is 0 Å². The normalized spacial score (nSPS) is 10.8. The van der Waals surface area contributed by atoms with Crippen LogP contribution in [0.15, 0.2) is 34.9 Å². The van der Waals surface area contributed by atoms with E-state index in [9.17, 15) is 0 Å². The molecule has 6 heteroatoms. The van der Waals surface area contributed by atoms with Crippen LogP contribution in [0.25, 0.3) is 11.5 Å². The molecule has 0 spiro atoms. The second kappa shape index (κ2) is 5.57. The number of rotatable bonds is 4. The van der Waals surface area contributed by atoms with Crippen molar-refractivity contribution >= 4 is 16.3 Å². The number of hydrogen-bond acceptors (Lipinski definition) is 6. The van der Waals surface area contributed by atoms with Gasteiger partial charge in [-0.1, -0.05) is 23.4 Å². The molecule has 0 saturated carbocycles. The topological polar surface area (TPSA) is 74.2 Å². The zero-order valence-electron chi connectivity index (χ0n) is 11.8. The van der Waals surface area contributed by atoms with E-state index < -0.39 is 0 Å². The van der Waals surface area contributed by atoms with Gasteiger partial charge in [0.25, 0.3) is 5.89 Å². The van der Waals surface area contributed by atoms with Gasteiger partial charge in [0.2, 0.25) is 5.82 Å². The maximum Gasteiger partial charge on any atom is 0.261 e. The first kappa shape index (κ1) is 13.6. The van der Waals surface area contributed by atoms with Crippen LogP contribution in [0.3, 0.4) is 0 Å². The molecule has 0 aliphatic heterocycles. The highest BCUT2D eigenvalue weighted by atomic mass is 32.1. The van der Waals surface area contributed by atoms with Crippen LogP contribution < -0.4 is 10.5 Å². The van der Waals surface area contributed by atoms with Crippen LogP contribution in [0.1, 0.15) is 16.3 Å². The van der Waals surface area contributed by atoms with Crippen molar-refractivity contribution in [2.75, 3.05) is 5.73 Å². The van der Waals surface area contributed by atoms with Crippen LogP contribution in [0.2, 0.25) is 0 Å². The minimum Gasteiger partial charge on any atom is -0.485 e. The number of anilines is 1. The van der Waals surface area contributed by atoms with E-state index in [0.29, 0.717) is 16.7 Å². The van der Waals surface area contributed by atoms with Crippen molar-refractivity contribution in [1.29, 1.82) is 0 Å². The molecule has 0 amide bonds. The van der Waals surface area contributed by atoms with E-state index in [0.717, 1.165) is 21.8 Å². The predicted molar refractivity (Wildman–Crippen MR) is 82.3 cm³/mol. The van der Waals surface area contributed by atoms with Gasteiger partial charge in [0.1, 0.15) is 5.75 Å². The molecule has 0 aliphatic rings. The highest BCUT2D eigenvalue weighted by Crippen LogP contribution is 2.37. The van der Waals surface area contributed by atoms with Gasteiger partial charge in [0.05, 0.1) is 10.6 Å². The molecular weight excluding hydrogens is 286 g/mol. The summed E-state index contributed by atoms with van der Waals surface area (Å²) < 4.78 is 10.9. The van der Waals surface area contributed by atoms with E-state index in [2.05, 4.69) is 10.1 Å². The van der Waals surface area contributed by atoms with Gasteiger partial charge in [-0.2, -0.15) is 4.98 Å². The number of hydrogen-bond donors (Lipinski definition) is 1. The van der Waals surface area contributed by atoms with E-state index >= 15 is 0 Å². The SMILES string of the molecule is Cc1sc(N)c(-c2nc(COc3ccccc3)no2)c1C. The van der Waals surface area contributed by atoms with Gasteiger partial charge in [0, 0.05) is 4.88 Å². The predicted octanol–water partition coefficient (Wildman–Crippen LogP) is 3.58. The van der Waals surface area contributed by atoms with Crippen molar-refractivity contribution in [2.24, 2.45) is 0 Å². The average molecular weight is 301 g/mol.